The average Bonchev–Trinajstić information content (AvgIpc) is 2.97. The number of rotatable bonds is 3. The van der Waals surface area contributed by atoms with Crippen molar-refractivity contribution in [3.63, 3.8) is 0 Å². The summed E-state index contributed by atoms with van der Waals surface area (Å²) in [6.45, 7) is 4.38. The third-order valence-electron chi connectivity index (χ3n) is 3.51. The number of thiazole rings is 1. The highest BCUT2D eigenvalue weighted by Gasteiger charge is 2.10. The number of para-hydroxylation sites is 1. The summed E-state index contributed by atoms with van der Waals surface area (Å²) in [7, 11) is 0. The van der Waals surface area contributed by atoms with Gasteiger partial charge in [0.15, 0.2) is 0 Å². The topological polar surface area (TPSA) is 33.1 Å². The van der Waals surface area contributed by atoms with Crippen molar-refractivity contribution in [2.75, 3.05) is 0 Å². The third kappa shape index (κ3) is 2.83. The molecular weight excluding hydrogens is 278 g/mol. The van der Waals surface area contributed by atoms with E-state index in [1.807, 2.05) is 23.6 Å². The summed E-state index contributed by atoms with van der Waals surface area (Å²) in [5, 5.41) is 12.8. The zero-order valence-corrected chi connectivity index (χ0v) is 12.9. The largest absolute Gasteiger partial charge is 0.507 e. The second-order valence-electron chi connectivity index (χ2n) is 5.33. The Hall–Kier alpha value is -2.13. The smallest absolute Gasteiger partial charge is 0.127 e. The van der Waals surface area contributed by atoms with Crippen LogP contribution in [0.15, 0.2) is 53.9 Å². The first kappa shape index (κ1) is 13.8. The predicted octanol–water partition coefficient (Wildman–Crippen LogP) is 5.31. The number of benzene rings is 2. The Kier molecular flexibility index (Phi) is 3.76. The van der Waals surface area contributed by atoms with Crippen LogP contribution in [0.5, 0.6) is 5.75 Å². The molecule has 0 aliphatic rings. The lowest BCUT2D eigenvalue weighted by molar-refractivity contribution is 0.477. The van der Waals surface area contributed by atoms with E-state index in [0.717, 1.165) is 21.8 Å². The van der Waals surface area contributed by atoms with Crippen LogP contribution in [-0.4, -0.2) is 10.1 Å². The summed E-state index contributed by atoms with van der Waals surface area (Å²) in [4.78, 5) is 4.64. The molecule has 0 unspecified atom stereocenters. The van der Waals surface area contributed by atoms with Gasteiger partial charge in [0.05, 0.1) is 11.3 Å². The monoisotopic (exact) mass is 295 g/mol. The molecule has 3 rings (SSSR count). The SMILES string of the molecule is CC(C)c1ccc(-c2csc(-c3ccccc3O)n2)cc1. The van der Waals surface area contributed by atoms with Crippen LogP contribution in [-0.2, 0) is 0 Å². The summed E-state index contributed by atoms with van der Waals surface area (Å²) >= 11 is 1.55. The fourth-order valence-corrected chi connectivity index (χ4v) is 3.09. The van der Waals surface area contributed by atoms with Gasteiger partial charge in [-0.15, -0.1) is 11.3 Å². The molecule has 3 aromatic rings. The highest BCUT2D eigenvalue weighted by atomic mass is 32.1. The highest BCUT2D eigenvalue weighted by molar-refractivity contribution is 7.13. The van der Waals surface area contributed by atoms with Crippen LogP contribution in [0.3, 0.4) is 0 Å². The fourth-order valence-electron chi connectivity index (χ4n) is 2.22. The summed E-state index contributed by atoms with van der Waals surface area (Å²) in [6.07, 6.45) is 0. The van der Waals surface area contributed by atoms with Gasteiger partial charge in [-0.3, -0.25) is 0 Å². The van der Waals surface area contributed by atoms with Gasteiger partial charge in [0, 0.05) is 10.9 Å². The lowest BCUT2D eigenvalue weighted by Gasteiger charge is -2.05. The lowest BCUT2D eigenvalue weighted by Crippen LogP contribution is -1.87. The van der Waals surface area contributed by atoms with Crippen molar-refractivity contribution in [3.8, 4) is 27.6 Å². The van der Waals surface area contributed by atoms with Crippen LogP contribution in [0.2, 0.25) is 0 Å². The van der Waals surface area contributed by atoms with E-state index in [0.29, 0.717) is 5.92 Å². The lowest BCUT2D eigenvalue weighted by atomic mass is 10.0. The van der Waals surface area contributed by atoms with Crippen molar-refractivity contribution in [1.82, 2.24) is 4.98 Å². The van der Waals surface area contributed by atoms with E-state index in [4.69, 9.17) is 0 Å². The number of hydrogen-bond acceptors (Lipinski definition) is 3. The van der Waals surface area contributed by atoms with Gasteiger partial charge in [0.2, 0.25) is 0 Å². The molecule has 0 saturated carbocycles. The van der Waals surface area contributed by atoms with Crippen molar-refractivity contribution in [1.29, 1.82) is 0 Å². The van der Waals surface area contributed by atoms with Crippen molar-refractivity contribution >= 4 is 11.3 Å². The molecular formula is C18H17NOS. The van der Waals surface area contributed by atoms with Crippen LogP contribution in [0.25, 0.3) is 21.8 Å². The van der Waals surface area contributed by atoms with Gasteiger partial charge in [0.1, 0.15) is 10.8 Å². The molecule has 0 aliphatic heterocycles. The van der Waals surface area contributed by atoms with Crippen molar-refractivity contribution in [2.24, 2.45) is 0 Å². The average molecular weight is 295 g/mol. The second-order valence-corrected chi connectivity index (χ2v) is 6.19. The molecule has 0 spiro atoms. The number of phenolic OH excluding ortho intramolecular Hbond substituents is 1. The highest BCUT2D eigenvalue weighted by Crippen LogP contribution is 2.34. The maximum atomic E-state index is 9.91. The van der Waals surface area contributed by atoms with E-state index < -0.39 is 0 Å². The van der Waals surface area contributed by atoms with Crippen molar-refractivity contribution < 1.29 is 5.11 Å². The summed E-state index contributed by atoms with van der Waals surface area (Å²) < 4.78 is 0. The molecule has 1 heterocycles. The molecule has 0 fully saturated rings. The van der Waals surface area contributed by atoms with Crippen LogP contribution < -0.4 is 0 Å². The van der Waals surface area contributed by atoms with Crippen LogP contribution in [0, 0.1) is 0 Å². The van der Waals surface area contributed by atoms with Crippen LogP contribution >= 0.6 is 11.3 Å². The number of phenols is 1. The molecule has 2 aromatic carbocycles. The number of hydrogen-bond donors (Lipinski definition) is 1. The molecule has 0 aliphatic carbocycles. The number of aromatic hydroxyl groups is 1. The van der Waals surface area contributed by atoms with Gasteiger partial charge in [-0.2, -0.15) is 0 Å². The molecule has 3 heteroatoms. The predicted molar refractivity (Wildman–Crippen MR) is 88.7 cm³/mol. The maximum Gasteiger partial charge on any atom is 0.127 e. The molecule has 21 heavy (non-hydrogen) atoms. The van der Waals surface area contributed by atoms with E-state index in [1.165, 1.54) is 5.56 Å². The van der Waals surface area contributed by atoms with Gasteiger partial charge < -0.3 is 5.11 Å². The molecule has 2 nitrogen and oxygen atoms in total. The van der Waals surface area contributed by atoms with E-state index in [9.17, 15) is 5.11 Å². The van der Waals surface area contributed by atoms with E-state index in [1.54, 1.807) is 17.4 Å². The zero-order chi connectivity index (χ0) is 14.8. The summed E-state index contributed by atoms with van der Waals surface area (Å²) in [5.41, 5.74) is 4.17. The number of aromatic nitrogens is 1. The first-order chi connectivity index (χ1) is 10.1. The van der Waals surface area contributed by atoms with E-state index in [2.05, 4.69) is 43.1 Å². The minimum atomic E-state index is 0.272. The Bertz CT molecular complexity index is 744. The second kappa shape index (κ2) is 5.70. The van der Waals surface area contributed by atoms with Gasteiger partial charge in [-0.1, -0.05) is 50.2 Å². The molecule has 0 radical (unpaired) electrons. The molecule has 0 saturated heterocycles. The summed E-state index contributed by atoms with van der Waals surface area (Å²) in [5.74, 6) is 0.805. The Morgan fingerprint density at radius 2 is 1.71 bits per heavy atom. The zero-order valence-electron chi connectivity index (χ0n) is 12.1. The van der Waals surface area contributed by atoms with Gasteiger partial charge in [-0.05, 0) is 23.6 Å². The molecule has 0 atom stereocenters. The molecule has 106 valence electrons. The third-order valence-corrected chi connectivity index (χ3v) is 4.39. The van der Waals surface area contributed by atoms with Gasteiger partial charge in [-0.25, -0.2) is 4.98 Å². The fraction of sp³-hybridized carbons (Fsp3) is 0.167. The molecule has 0 amide bonds. The molecule has 0 bridgehead atoms. The standard InChI is InChI=1S/C18H17NOS/c1-12(2)13-7-9-14(10-8-13)16-11-21-18(19-16)15-5-3-4-6-17(15)20/h3-12,20H,1-2H3. The molecule has 1 N–H and O–H groups in total. The minimum absolute atomic E-state index is 0.272. The van der Waals surface area contributed by atoms with Crippen molar-refractivity contribution in [3.05, 3.63) is 59.5 Å². The van der Waals surface area contributed by atoms with Crippen LogP contribution in [0.4, 0.5) is 0 Å². The molecule has 1 aromatic heterocycles. The Morgan fingerprint density at radius 3 is 2.38 bits per heavy atom. The quantitative estimate of drug-likeness (QED) is 0.710. The Balaban J connectivity index is 1.93. The maximum absolute atomic E-state index is 9.91. The van der Waals surface area contributed by atoms with Gasteiger partial charge >= 0.3 is 0 Å². The van der Waals surface area contributed by atoms with E-state index >= 15 is 0 Å². The normalized spacial score (nSPS) is 11.0. The Morgan fingerprint density at radius 1 is 1.00 bits per heavy atom. The first-order valence-electron chi connectivity index (χ1n) is 6.99. The van der Waals surface area contributed by atoms with E-state index in [-0.39, 0.29) is 5.75 Å². The summed E-state index contributed by atoms with van der Waals surface area (Å²) in [6, 6.07) is 15.8. The Labute approximate surface area is 128 Å². The number of nitrogens with zero attached hydrogens (tertiary/aromatic N) is 1. The first-order valence-corrected chi connectivity index (χ1v) is 7.87. The van der Waals surface area contributed by atoms with Crippen molar-refractivity contribution in [2.45, 2.75) is 19.8 Å². The van der Waals surface area contributed by atoms with Gasteiger partial charge in [0.25, 0.3) is 0 Å². The van der Waals surface area contributed by atoms with Crippen LogP contribution in [0.1, 0.15) is 25.3 Å². The minimum Gasteiger partial charge on any atom is -0.507 e.